The van der Waals surface area contributed by atoms with Crippen molar-refractivity contribution in [2.45, 2.75) is 13.5 Å². The molecule has 2 rings (SSSR count). The number of nitrogen functional groups attached to an aromatic ring is 1. The number of carbonyl (C=O) groups is 1. The molecule has 0 saturated heterocycles. The summed E-state index contributed by atoms with van der Waals surface area (Å²) in [7, 11) is 3.64. The predicted molar refractivity (Wildman–Crippen MR) is 86.0 cm³/mol. The Hall–Kier alpha value is -2.49. The lowest BCUT2D eigenvalue weighted by molar-refractivity contribution is 0.101. The molecule has 0 bridgehead atoms. The molecule has 0 aliphatic heterocycles. The smallest absolute Gasteiger partial charge is 0.161 e. The molecule has 4 heteroatoms. The fraction of sp³-hybridized carbons (Fsp3) is 0.235. The Labute approximate surface area is 125 Å². The molecule has 0 amide bonds. The number of nitrogens with zero attached hydrogens (tertiary/aromatic N) is 1. The van der Waals surface area contributed by atoms with Gasteiger partial charge in [0.15, 0.2) is 5.78 Å². The zero-order valence-corrected chi connectivity index (χ0v) is 12.6. The summed E-state index contributed by atoms with van der Waals surface area (Å²) in [5, 5.41) is 0. The van der Waals surface area contributed by atoms with Gasteiger partial charge in [0.2, 0.25) is 0 Å². The van der Waals surface area contributed by atoms with Crippen molar-refractivity contribution in [3.63, 3.8) is 0 Å². The van der Waals surface area contributed by atoms with E-state index in [0.29, 0.717) is 11.3 Å². The third-order valence-electron chi connectivity index (χ3n) is 3.44. The van der Waals surface area contributed by atoms with Gasteiger partial charge < -0.3 is 15.4 Å². The Morgan fingerprint density at radius 1 is 1.19 bits per heavy atom. The minimum Gasteiger partial charge on any atom is -0.497 e. The summed E-state index contributed by atoms with van der Waals surface area (Å²) in [6, 6.07) is 13.5. The maximum absolute atomic E-state index is 11.6. The van der Waals surface area contributed by atoms with Crippen LogP contribution in [0.4, 0.5) is 11.4 Å². The summed E-state index contributed by atoms with van der Waals surface area (Å²) in [4.78, 5) is 13.6. The van der Waals surface area contributed by atoms with Gasteiger partial charge in [-0.1, -0.05) is 12.1 Å². The maximum atomic E-state index is 11.6. The van der Waals surface area contributed by atoms with Crippen molar-refractivity contribution in [1.82, 2.24) is 0 Å². The third kappa shape index (κ3) is 3.54. The van der Waals surface area contributed by atoms with Gasteiger partial charge in [-0.3, -0.25) is 4.79 Å². The zero-order chi connectivity index (χ0) is 15.4. The van der Waals surface area contributed by atoms with E-state index in [9.17, 15) is 4.79 Å². The van der Waals surface area contributed by atoms with Crippen LogP contribution in [0, 0.1) is 0 Å². The number of benzene rings is 2. The van der Waals surface area contributed by atoms with Crippen molar-refractivity contribution in [2.24, 2.45) is 0 Å². The fourth-order valence-corrected chi connectivity index (χ4v) is 2.18. The molecule has 0 aliphatic rings. The van der Waals surface area contributed by atoms with E-state index >= 15 is 0 Å². The van der Waals surface area contributed by atoms with Crippen LogP contribution in [0.1, 0.15) is 22.8 Å². The van der Waals surface area contributed by atoms with Crippen molar-refractivity contribution in [3.05, 3.63) is 53.6 Å². The Balaban J connectivity index is 2.17. The predicted octanol–water partition coefficient (Wildman–Crippen LogP) is 3.12. The normalized spacial score (nSPS) is 10.2. The van der Waals surface area contributed by atoms with Crippen molar-refractivity contribution >= 4 is 17.2 Å². The van der Waals surface area contributed by atoms with Crippen LogP contribution >= 0.6 is 0 Å². The van der Waals surface area contributed by atoms with E-state index in [1.54, 1.807) is 13.2 Å². The van der Waals surface area contributed by atoms with Crippen LogP contribution in [0.15, 0.2) is 42.5 Å². The highest BCUT2D eigenvalue weighted by atomic mass is 16.5. The van der Waals surface area contributed by atoms with Crippen LogP contribution in [0.5, 0.6) is 5.75 Å². The summed E-state index contributed by atoms with van der Waals surface area (Å²) in [5.74, 6) is 0.819. The first-order valence-corrected chi connectivity index (χ1v) is 6.76. The molecular weight excluding hydrogens is 264 g/mol. The molecule has 2 aromatic carbocycles. The van der Waals surface area contributed by atoms with Crippen molar-refractivity contribution in [3.8, 4) is 5.75 Å². The van der Waals surface area contributed by atoms with E-state index in [-0.39, 0.29) is 5.78 Å². The number of nitrogens with two attached hydrogens (primary N) is 1. The van der Waals surface area contributed by atoms with Crippen LogP contribution in [0.3, 0.4) is 0 Å². The highest BCUT2D eigenvalue weighted by molar-refractivity contribution is 6.00. The lowest BCUT2D eigenvalue weighted by Crippen LogP contribution is -2.17. The number of hydrogen-bond acceptors (Lipinski definition) is 4. The van der Waals surface area contributed by atoms with E-state index < -0.39 is 0 Å². The number of rotatable bonds is 5. The second kappa shape index (κ2) is 6.31. The molecule has 110 valence electrons. The molecule has 21 heavy (non-hydrogen) atoms. The standard InChI is InChI=1S/C17H20N2O2/c1-12(20)16-10-14(6-9-17(16)18)19(2)11-13-4-7-15(21-3)8-5-13/h4-10H,11,18H2,1-3H3. The fourth-order valence-electron chi connectivity index (χ4n) is 2.18. The SMILES string of the molecule is COc1ccc(CN(C)c2ccc(N)c(C(C)=O)c2)cc1. The van der Waals surface area contributed by atoms with Gasteiger partial charge in [-0.15, -0.1) is 0 Å². The summed E-state index contributed by atoms with van der Waals surface area (Å²) in [6.45, 7) is 2.27. The Bertz CT molecular complexity index is 636. The van der Waals surface area contributed by atoms with Gasteiger partial charge in [-0.2, -0.15) is 0 Å². The largest absolute Gasteiger partial charge is 0.497 e. The second-order valence-electron chi connectivity index (χ2n) is 5.03. The van der Waals surface area contributed by atoms with Crippen LogP contribution in [-0.2, 0) is 6.54 Å². The van der Waals surface area contributed by atoms with Crippen LogP contribution in [-0.4, -0.2) is 19.9 Å². The highest BCUT2D eigenvalue weighted by Crippen LogP contribution is 2.22. The number of anilines is 2. The zero-order valence-electron chi connectivity index (χ0n) is 12.6. The summed E-state index contributed by atoms with van der Waals surface area (Å²) < 4.78 is 5.15. The van der Waals surface area contributed by atoms with Crippen molar-refractivity contribution < 1.29 is 9.53 Å². The molecule has 0 unspecified atom stereocenters. The molecule has 0 heterocycles. The number of Topliss-reactive ketones (excluding diaryl/α,β-unsaturated/α-hetero) is 1. The van der Waals surface area contributed by atoms with Gasteiger partial charge >= 0.3 is 0 Å². The highest BCUT2D eigenvalue weighted by Gasteiger charge is 2.09. The molecular formula is C17H20N2O2. The number of methoxy groups -OCH3 is 1. The number of ether oxygens (including phenoxy) is 1. The average Bonchev–Trinajstić information content (AvgIpc) is 2.48. The maximum Gasteiger partial charge on any atom is 0.161 e. The topological polar surface area (TPSA) is 55.6 Å². The Kier molecular flexibility index (Phi) is 4.48. The minimum absolute atomic E-state index is 0.0211. The van der Waals surface area contributed by atoms with Gasteiger partial charge in [-0.25, -0.2) is 0 Å². The van der Waals surface area contributed by atoms with Crippen LogP contribution in [0.25, 0.3) is 0 Å². The second-order valence-corrected chi connectivity index (χ2v) is 5.03. The van der Waals surface area contributed by atoms with Crippen LogP contribution < -0.4 is 15.4 Å². The molecule has 2 aromatic rings. The van der Waals surface area contributed by atoms with E-state index in [0.717, 1.165) is 18.0 Å². The molecule has 4 nitrogen and oxygen atoms in total. The first-order valence-electron chi connectivity index (χ1n) is 6.76. The van der Waals surface area contributed by atoms with Crippen molar-refractivity contribution in [1.29, 1.82) is 0 Å². The first kappa shape index (κ1) is 14.9. The number of hydrogen-bond donors (Lipinski definition) is 1. The van der Waals surface area contributed by atoms with Gasteiger partial charge in [0, 0.05) is 30.5 Å². The molecule has 0 saturated carbocycles. The number of ketones is 1. The lowest BCUT2D eigenvalue weighted by atomic mass is 10.1. The third-order valence-corrected chi connectivity index (χ3v) is 3.44. The average molecular weight is 284 g/mol. The van der Waals surface area contributed by atoms with Gasteiger partial charge in [0.05, 0.1) is 7.11 Å². The number of carbonyl (C=O) groups excluding carboxylic acids is 1. The van der Waals surface area contributed by atoms with Crippen molar-refractivity contribution in [2.75, 3.05) is 24.8 Å². The van der Waals surface area contributed by atoms with Gasteiger partial charge in [0.25, 0.3) is 0 Å². The first-order chi connectivity index (χ1) is 10.0. The van der Waals surface area contributed by atoms with Gasteiger partial charge in [0.1, 0.15) is 5.75 Å². The molecule has 0 spiro atoms. The minimum atomic E-state index is -0.0211. The van der Waals surface area contributed by atoms with E-state index in [2.05, 4.69) is 4.90 Å². The molecule has 0 radical (unpaired) electrons. The Morgan fingerprint density at radius 2 is 1.86 bits per heavy atom. The molecule has 0 atom stereocenters. The summed E-state index contributed by atoms with van der Waals surface area (Å²) >= 11 is 0. The molecule has 0 aliphatic carbocycles. The van der Waals surface area contributed by atoms with Crippen LogP contribution in [0.2, 0.25) is 0 Å². The molecule has 2 N–H and O–H groups in total. The molecule has 0 aromatic heterocycles. The van der Waals surface area contributed by atoms with E-state index in [4.69, 9.17) is 10.5 Å². The molecule has 0 fully saturated rings. The summed E-state index contributed by atoms with van der Waals surface area (Å²) in [6.07, 6.45) is 0. The quantitative estimate of drug-likeness (QED) is 0.677. The monoisotopic (exact) mass is 284 g/mol. The van der Waals surface area contributed by atoms with Gasteiger partial charge in [-0.05, 0) is 42.8 Å². The Morgan fingerprint density at radius 3 is 2.43 bits per heavy atom. The lowest BCUT2D eigenvalue weighted by Gasteiger charge is -2.20. The van der Waals surface area contributed by atoms with E-state index in [1.807, 2.05) is 43.4 Å². The summed E-state index contributed by atoms with van der Waals surface area (Å²) in [5.41, 5.74) is 9.03. The van der Waals surface area contributed by atoms with E-state index in [1.165, 1.54) is 12.5 Å².